The second-order valence-electron chi connectivity index (χ2n) is 7.81. The van der Waals surface area contributed by atoms with Crippen LogP contribution in [0.25, 0.3) is 10.8 Å². The molecule has 30 heavy (non-hydrogen) atoms. The quantitative estimate of drug-likeness (QED) is 0.551. The van der Waals surface area contributed by atoms with Crippen LogP contribution >= 0.6 is 0 Å². The minimum atomic E-state index is 0.0477. The molecular formula is C26H28N2O2. The highest BCUT2D eigenvalue weighted by Gasteiger charge is 2.25. The topological polar surface area (TPSA) is 41.6 Å². The summed E-state index contributed by atoms with van der Waals surface area (Å²) in [6.07, 6.45) is 3.46. The molecule has 4 nitrogen and oxygen atoms in total. The Morgan fingerprint density at radius 1 is 1.07 bits per heavy atom. The Labute approximate surface area is 178 Å². The zero-order valence-corrected chi connectivity index (χ0v) is 17.2. The minimum absolute atomic E-state index is 0.0477. The van der Waals surface area contributed by atoms with Crippen LogP contribution < -0.4 is 10.1 Å². The molecule has 0 saturated carbocycles. The van der Waals surface area contributed by atoms with Crippen LogP contribution in [-0.2, 0) is 11.3 Å². The number of carbonyl (C=O) groups is 1. The summed E-state index contributed by atoms with van der Waals surface area (Å²) in [4.78, 5) is 15.2. The van der Waals surface area contributed by atoms with Gasteiger partial charge in [0.25, 0.3) is 0 Å². The van der Waals surface area contributed by atoms with Crippen LogP contribution in [0.5, 0.6) is 5.75 Å². The van der Waals surface area contributed by atoms with E-state index in [0.717, 1.165) is 43.9 Å². The highest BCUT2D eigenvalue weighted by atomic mass is 16.5. The van der Waals surface area contributed by atoms with Crippen LogP contribution in [0.4, 0.5) is 5.69 Å². The number of hydrogen-bond acceptors (Lipinski definition) is 3. The van der Waals surface area contributed by atoms with Gasteiger partial charge in [0.2, 0.25) is 5.91 Å². The number of fused-ring (bicyclic) bond motifs is 1. The minimum Gasteiger partial charge on any atom is -0.489 e. The third-order valence-electron chi connectivity index (χ3n) is 5.70. The zero-order valence-electron chi connectivity index (χ0n) is 17.2. The number of nitrogens with zero attached hydrogens (tertiary/aromatic N) is 1. The van der Waals surface area contributed by atoms with E-state index in [1.807, 2.05) is 24.3 Å². The maximum Gasteiger partial charge on any atom is 0.227 e. The Morgan fingerprint density at radius 2 is 1.83 bits per heavy atom. The largest absolute Gasteiger partial charge is 0.489 e. The molecular weight excluding hydrogens is 372 g/mol. The molecule has 0 unspecified atom stereocenters. The van der Waals surface area contributed by atoms with Crippen molar-refractivity contribution in [3.8, 4) is 5.75 Å². The number of anilines is 1. The second kappa shape index (κ2) is 9.59. The second-order valence-corrected chi connectivity index (χ2v) is 7.81. The number of benzene rings is 3. The molecule has 0 spiro atoms. The number of likely N-dealkylation sites (tertiary alicyclic amines) is 1. The lowest BCUT2D eigenvalue weighted by atomic mass is 9.95. The standard InChI is InChI=1S/C26H28N2O2/c1-2-17-30-24-11-6-10-23(18-24)27-26(29)21-13-15-28(16-14-21)19-22-9-5-8-20-7-3-4-12-25(20)22/h2-12,18,21H,1,13-17,19H2,(H,27,29). The van der Waals surface area contributed by atoms with E-state index in [4.69, 9.17) is 4.74 Å². The number of carbonyl (C=O) groups excluding carboxylic acids is 1. The molecule has 1 fully saturated rings. The summed E-state index contributed by atoms with van der Waals surface area (Å²) in [5.74, 6) is 0.879. The Balaban J connectivity index is 1.32. The van der Waals surface area contributed by atoms with Gasteiger partial charge in [-0.15, -0.1) is 0 Å². The van der Waals surface area contributed by atoms with Gasteiger partial charge in [0.1, 0.15) is 12.4 Å². The Kier molecular flexibility index (Phi) is 6.45. The fourth-order valence-electron chi connectivity index (χ4n) is 4.09. The molecule has 4 rings (SSSR count). The van der Waals surface area contributed by atoms with E-state index < -0.39 is 0 Å². The highest BCUT2D eigenvalue weighted by molar-refractivity contribution is 5.92. The summed E-state index contributed by atoms with van der Waals surface area (Å²) in [7, 11) is 0. The van der Waals surface area contributed by atoms with Crippen molar-refractivity contribution >= 4 is 22.4 Å². The van der Waals surface area contributed by atoms with Crippen molar-refractivity contribution in [3.05, 3.63) is 84.9 Å². The van der Waals surface area contributed by atoms with Crippen molar-refractivity contribution in [2.45, 2.75) is 19.4 Å². The van der Waals surface area contributed by atoms with Crippen molar-refractivity contribution in [1.82, 2.24) is 4.90 Å². The average Bonchev–Trinajstić information content (AvgIpc) is 2.79. The Hall–Kier alpha value is -3.11. The van der Waals surface area contributed by atoms with Crippen molar-refractivity contribution in [2.24, 2.45) is 5.92 Å². The molecule has 3 aromatic rings. The van der Waals surface area contributed by atoms with E-state index >= 15 is 0 Å². The molecule has 1 aliphatic rings. The van der Waals surface area contributed by atoms with E-state index in [1.54, 1.807) is 6.08 Å². The smallest absolute Gasteiger partial charge is 0.227 e. The number of nitrogens with one attached hydrogen (secondary N) is 1. The molecule has 154 valence electrons. The van der Waals surface area contributed by atoms with Crippen LogP contribution in [0, 0.1) is 5.92 Å². The molecule has 1 amide bonds. The van der Waals surface area contributed by atoms with Crippen LogP contribution in [0.3, 0.4) is 0 Å². The van der Waals surface area contributed by atoms with Crippen molar-refractivity contribution < 1.29 is 9.53 Å². The van der Waals surface area contributed by atoms with Gasteiger partial charge in [-0.3, -0.25) is 9.69 Å². The Morgan fingerprint density at radius 3 is 2.67 bits per heavy atom. The van der Waals surface area contributed by atoms with Crippen LogP contribution in [0.2, 0.25) is 0 Å². The van der Waals surface area contributed by atoms with Gasteiger partial charge in [0, 0.05) is 24.2 Å². The van der Waals surface area contributed by atoms with E-state index in [-0.39, 0.29) is 11.8 Å². The molecule has 0 radical (unpaired) electrons. The van der Waals surface area contributed by atoms with Gasteiger partial charge in [-0.2, -0.15) is 0 Å². The van der Waals surface area contributed by atoms with Crippen LogP contribution in [0.15, 0.2) is 79.4 Å². The third-order valence-corrected chi connectivity index (χ3v) is 5.70. The molecule has 0 aliphatic carbocycles. The fraction of sp³-hybridized carbons (Fsp3) is 0.269. The molecule has 1 saturated heterocycles. The molecule has 0 bridgehead atoms. The van der Waals surface area contributed by atoms with E-state index in [0.29, 0.717) is 6.61 Å². The summed E-state index contributed by atoms with van der Waals surface area (Å²) in [5, 5.41) is 5.65. The van der Waals surface area contributed by atoms with Gasteiger partial charge in [0.05, 0.1) is 0 Å². The lowest BCUT2D eigenvalue weighted by Crippen LogP contribution is -2.37. The lowest BCUT2D eigenvalue weighted by molar-refractivity contribution is -0.121. The summed E-state index contributed by atoms with van der Waals surface area (Å²) in [5.41, 5.74) is 2.13. The normalized spacial score (nSPS) is 15.1. The zero-order chi connectivity index (χ0) is 20.8. The predicted molar refractivity (Wildman–Crippen MR) is 123 cm³/mol. The maximum atomic E-state index is 12.7. The molecule has 1 heterocycles. The van der Waals surface area contributed by atoms with Gasteiger partial charge in [0.15, 0.2) is 0 Å². The molecule has 4 heteroatoms. The fourth-order valence-corrected chi connectivity index (χ4v) is 4.09. The van der Waals surface area contributed by atoms with Gasteiger partial charge in [-0.25, -0.2) is 0 Å². The van der Waals surface area contributed by atoms with Crippen LogP contribution in [0.1, 0.15) is 18.4 Å². The highest BCUT2D eigenvalue weighted by Crippen LogP contribution is 2.25. The first kappa shape index (κ1) is 20.2. The summed E-state index contributed by atoms with van der Waals surface area (Å²) < 4.78 is 5.55. The average molecular weight is 401 g/mol. The summed E-state index contributed by atoms with van der Waals surface area (Å²) in [6, 6.07) is 22.6. The number of hydrogen-bond donors (Lipinski definition) is 1. The number of ether oxygens (including phenoxy) is 1. The van der Waals surface area contributed by atoms with E-state index in [9.17, 15) is 4.79 Å². The van der Waals surface area contributed by atoms with E-state index in [1.165, 1.54) is 16.3 Å². The number of piperidine rings is 1. The van der Waals surface area contributed by atoms with Gasteiger partial charge < -0.3 is 10.1 Å². The first-order valence-corrected chi connectivity index (χ1v) is 10.6. The summed E-state index contributed by atoms with van der Waals surface area (Å²) in [6.45, 7) is 6.90. The third kappa shape index (κ3) is 4.89. The van der Waals surface area contributed by atoms with Crippen molar-refractivity contribution in [2.75, 3.05) is 25.0 Å². The van der Waals surface area contributed by atoms with Gasteiger partial charge >= 0.3 is 0 Å². The maximum absolute atomic E-state index is 12.7. The Bertz CT molecular complexity index is 1020. The molecule has 1 N–H and O–H groups in total. The SMILES string of the molecule is C=CCOc1cccc(NC(=O)C2CCN(Cc3cccc4ccccc34)CC2)c1. The van der Waals surface area contributed by atoms with Gasteiger partial charge in [-0.1, -0.05) is 61.2 Å². The number of rotatable bonds is 7. The molecule has 1 aliphatic heterocycles. The predicted octanol–water partition coefficient (Wildman–Crippen LogP) is 5.26. The van der Waals surface area contributed by atoms with E-state index in [2.05, 4.69) is 59.3 Å². The molecule has 0 atom stereocenters. The lowest BCUT2D eigenvalue weighted by Gasteiger charge is -2.31. The monoisotopic (exact) mass is 400 g/mol. The van der Waals surface area contributed by atoms with Crippen molar-refractivity contribution in [3.63, 3.8) is 0 Å². The first-order valence-electron chi connectivity index (χ1n) is 10.6. The molecule has 0 aromatic heterocycles. The number of amides is 1. The van der Waals surface area contributed by atoms with Crippen molar-refractivity contribution in [1.29, 1.82) is 0 Å². The van der Waals surface area contributed by atoms with Crippen LogP contribution in [-0.4, -0.2) is 30.5 Å². The summed E-state index contributed by atoms with van der Waals surface area (Å²) >= 11 is 0. The first-order chi connectivity index (χ1) is 14.7. The van der Waals surface area contributed by atoms with Gasteiger partial charge in [-0.05, 0) is 54.4 Å². The molecule has 3 aromatic carbocycles.